The first-order chi connectivity index (χ1) is 37.8. The van der Waals surface area contributed by atoms with Gasteiger partial charge in [-0.1, -0.05) is 111 Å². The van der Waals surface area contributed by atoms with Crippen LogP contribution in [0, 0.1) is 37.5 Å². The van der Waals surface area contributed by atoms with Gasteiger partial charge in [0.15, 0.2) is 0 Å². The van der Waals surface area contributed by atoms with E-state index in [-0.39, 0.29) is 25.6 Å². The molecule has 0 aliphatic heterocycles. The average molecular weight is 1060 g/mol. The van der Waals surface area contributed by atoms with Crippen molar-refractivity contribution in [3.63, 3.8) is 0 Å². The predicted octanol–water partition coefficient (Wildman–Crippen LogP) is 12.4. The van der Waals surface area contributed by atoms with Crippen molar-refractivity contribution in [1.82, 2.24) is 0 Å². The maximum absolute atomic E-state index is 12.5. The fourth-order valence-corrected chi connectivity index (χ4v) is 7.09. The van der Waals surface area contributed by atoms with Crippen LogP contribution in [0.25, 0.3) is 0 Å². The Morgan fingerprint density at radius 2 is 0.667 bits per heavy atom. The number of para-hydroxylation sites is 2. The molecule has 0 N–H and O–H groups in total. The number of carbonyl (C=O) groups is 6. The van der Waals surface area contributed by atoms with E-state index in [9.17, 15) is 28.8 Å². The van der Waals surface area contributed by atoms with Crippen LogP contribution in [-0.2, 0) is 28.7 Å². The third-order valence-electron chi connectivity index (χ3n) is 11.3. The highest BCUT2D eigenvalue weighted by Crippen LogP contribution is 2.26. The van der Waals surface area contributed by atoms with Gasteiger partial charge in [0, 0.05) is 25.1 Å². The number of unbranched alkanes of at least 4 members (excludes halogenated alkanes) is 4. The summed E-state index contributed by atoms with van der Waals surface area (Å²) < 4.78 is 42.5. The van der Waals surface area contributed by atoms with Gasteiger partial charge >= 0.3 is 35.8 Å². The van der Waals surface area contributed by atoms with E-state index in [0.29, 0.717) is 73.0 Å². The lowest BCUT2D eigenvalue weighted by Crippen LogP contribution is -2.29. The molecule has 1 saturated carbocycles. The summed E-state index contributed by atoms with van der Waals surface area (Å²) in [5, 5.41) is 0. The van der Waals surface area contributed by atoms with Crippen molar-refractivity contribution >= 4 is 35.8 Å². The topological polar surface area (TPSA) is 176 Å². The van der Waals surface area contributed by atoms with Crippen molar-refractivity contribution in [2.75, 3.05) is 13.2 Å². The number of rotatable bonds is 18. The third kappa shape index (κ3) is 23.6. The van der Waals surface area contributed by atoms with Gasteiger partial charge in [-0.15, -0.1) is 0 Å². The van der Waals surface area contributed by atoms with Crippen LogP contribution < -0.4 is 28.4 Å². The van der Waals surface area contributed by atoms with Crippen molar-refractivity contribution in [2.45, 2.75) is 104 Å². The van der Waals surface area contributed by atoms with Crippen LogP contribution in [0.3, 0.4) is 0 Å². The van der Waals surface area contributed by atoms with Crippen molar-refractivity contribution in [3.8, 4) is 58.2 Å². The van der Waals surface area contributed by atoms with E-state index >= 15 is 0 Å². The van der Waals surface area contributed by atoms with Gasteiger partial charge in [0.1, 0.15) is 46.7 Å². The van der Waals surface area contributed by atoms with Gasteiger partial charge in [0.05, 0.1) is 24.3 Å². The number of hydrogen-bond donors (Lipinski definition) is 0. The molecule has 6 aromatic carbocycles. The Morgan fingerprint density at radius 1 is 0.385 bits per heavy atom. The second-order valence-corrected chi connectivity index (χ2v) is 17.7. The molecule has 406 valence electrons. The molecule has 6 aromatic rings. The summed E-state index contributed by atoms with van der Waals surface area (Å²) in [5.74, 6) is 7.39. The van der Waals surface area contributed by atoms with Crippen LogP contribution in [0.5, 0.6) is 34.5 Å². The first-order valence-corrected chi connectivity index (χ1v) is 25.9. The molecule has 14 nitrogen and oxygen atoms in total. The van der Waals surface area contributed by atoms with Crippen molar-refractivity contribution in [2.24, 2.45) is 0 Å². The molecular formula is C64H66O14. The lowest BCUT2D eigenvalue weighted by Gasteiger charge is -2.28. The van der Waals surface area contributed by atoms with E-state index in [1.54, 1.807) is 109 Å². The van der Waals surface area contributed by atoms with Crippen LogP contribution in [0.2, 0.25) is 0 Å². The largest absolute Gasteiger partial charge is 0.494 e. The second-order valence-electron chi connectivity index (χ2n) is 17.7. The normalized spacial score (nSPS) is 12.9. The van der Waals surface area contributed by atoms with Crippen LogP contribution in [0.1, 0.15) is 111 Å². The number of aryl methyl sites for hydroxylation is 2. The molecule has 0 aromatic heterocycles. The summed E-state index contributed by atoms with van der Waals surface area (Å²) in [7, 11) is 0. The summed E-state index contributed by atoms with van der Waals surface area (Å²) >= 11 is 0. The van der Waals surface area contributed by atoms with E-state index < -0.39 is 23.9 Å². The molecular weight excluding hydrogens is 993 g/mol. The zero-order valence-electron chi connectivity index (χ0n) is 44.4. The molecule has 1 aliphatic rings. The minimum Gasteiger partial charge on any atom is -0.494 e. The van der Waals surface area contributed by atoms with Gasteiger partial charge in [-0.2, -0.15) is 0 Å². The molecule has 7 rings (SSSR count). The Labute approximate surface area is 457 Å². The molecule has 0 spiro atoms. The molecule has 14 heteroatoms. The third-order valence-corrected chi connectivity index (χ3v) is 11.3. The summed E-state index contributed by atoms with van der Waals surface area (Å²) in [6, 6.07) is 45.0. The summed E-state index contributed by atoms with van der Waals surface area (Å²) in [4.78, 5) is 70.8. The lowest BCUT2D eigenvalue weighted by molar-refractivity contribution is -0.130. The van der Waals surface area contributed by atoms with E-state index in [1.165, 1.54) is 0 Å². The highest BCUT2D eigenvalue weighted by atomic mass is 16.6. The fourth-order valence-electron chi connectivity index (χ4n) is 7.09. The molecule has 0 atom stereocenters. The van der Waals surface area contributed by atoms with Gasteiger partial charge in [0.2, 0.25) is 0 Å². The van der Waals surface area contributed by atoms with Crippen molar-refractivity contribution in [3.05, 3.63) is 180 Å². The first-order valence-electron chi connectivity index (χ1n) is 25.9. The number of hydrogen-bond acceptors (Lipinski definition) is 14. The molecule has 0 amide bonds. The van der Waals surface area contributed by atoms with Crippen LogP contribution >= 0.6 is 0 Å². The maximum Gasteiger partial charge on any atom is 0.390 e. The highest BCUT2D eigenvalue weighted by molar-refractivity contribution is 6.00. The van der Waals surface area contributed by atoms with Crippen molar-refractivity contribution < 1.29 is 68.1 Å². The van der Waals surface area contributed by atoms with E-state index in [0.717, 1.165) is 61.2 Å². The number of benzene rings is 6. The zero-order valence-corrected chi connectivity index (χ0v) is 44.4. The zero-order chi connectivity index (χ0) is 55.7. The minimum absolute atomic E-state index is 0. The highest BCUT2D eigenvalue weighted by Gasteiger charge is 2.27. The summed E-state index contributed by atoms with van der Waals surface area (Å²) in [6.45, 7) is 9.53. The monoisotopic (exact) mass is 1060 g/mol. The molecule has 1 fully saturated rings. The molecule has 0 unspecified atom stereocenters. The Bertz CT molecular complexity index is 2750. The fraction of sp³-hybridized carbons (Fsp3) is 0.281. The van der Waals surface area contributed by atoms with Crippen LogP contribution in [-0.4, -0.2) is 61.2 Å². The molecule has 1 aliphatic carbocycles. The Hall–Kier alpha value is -9.14. The second kappa shape index (κ2) is 33.7. The number of esters is 6. The summed E-state index contributed by atoms with van der Waals surface area (Å²) in [6.07, 6.45) is 9.02. The lowest BCUT2D eigenvalue weighted by atomic mass is 9.95. The van der Waals surface area contributed by atoms with Gasteiger partial charge in [0.25, 0.3) is 0 Å². The summed E-state index contributed by atoms with van der Waals surface area (Å²) in [5.41, 5.74) is 3.13. The smallest absolute Gasteiger partial charge is 0.390 e. The standard InChI is InChI=1S/C30H40O6.C18H14O4.C16H10O4.H2/c1-3-5-7-21-33-25-13-9-23(10-14-25)29(31)35-27-17-19-28(20-18-27)36-30(32)24-11-15-26(16-12-24)34-22-8-6-4-2;1-13-3-7-15(8-4-13)21-17(19)11-12-18(20)22-16-9-5-14(2)6-10-16;17-15(19-13-7-3-1-4-8-13)11-12-16(18)20-14-9-5-2-6-10-14;/h9-16,27-28H,3-8,17-22H2,1-2H3;3-10H,1-2H3;1-10H;1H. The number of ether oxygens (including phenoxy) is 8. The maximum atomic E-state index is 12.5. The molecule has 0 radical (unpaired) electrons. The molecule has 0 bridgehead atoms. The Balaban J connectivity index is 0.000000269. The first kappa shape index (κ1) is 59.7. The molecule has 78 heavy (non-hydrogen) atoms. The average Bonchev–Trinajstić information content (AvgIpc) is 3.45. The molecule has 0 heterocycles. The van der Waals surface area contributed by atoms with Gasteiger partial charge in [-0.05, 0) is 149 Å². The Morgan fingerprint density at radius 3 is 0.962 bits per heavy atom. The predicted molar refractivity (Wildman–Crippen MR) is 295 cm³/mol. The number of carbonyl (C=O) groups excluding carboxylic acids is 6. The van der Waals surface area contributed by atoms with Crippen LogP contribution in [0.4, 0.5) is 0 Å². The SMILES string of the molecule is CCCCCOc1ccc(C(=O)OC2CCC(OC(=O)c3ccc(OCCCCC)cc3)CC2)cc1.Cc1ccc(OC(=O)C#CC(=O)Oc2ccc(C)cc2)cc1.O=C(C#CC(=O)Oc1ccccc1)Oc1ccccc1.[HH]. The van der Waals surface area contributed by atoms with E-state index in [2.05, 4.69) is 37.5 Å². The van der Waals surface area contributed by atoms with E-state index in [4.69, 9.17) is 37.9 Å². The van der Waals surface area contributed by atoms with Gasteiger partial charge in [-0.3, -0.25) is 0 Å². The molecule has 0 saturated heterocycles. The van der Waals surface area contributed by atoms with Crippen LogP contribution in [0.15, 0.2) is 158 Å². The van der Waals surface area contributed by atoms with E-state index in [1.807, 2.05) is 62.4 Å². The Kier molecular flexibility index (Phi) is 25.8. The van der Waals surface area contributed by atoms with Gasteiger partial charge in [-0.25, -0.2) is 28.8 Å². The van der Waals surface area contributed by atoms with Gasteiger partial charge < -0.3 is 37.9 Å². The quantitative estimate of drug-likeness (QED) is 0.0261. The minimum atomic E-state index is -0.818. The van der Waals surface area contributed by atoms with Crippen molar-refractivity contribution in [1.29, 1.82) is 0 Å².